The van der Waals surface area contributed by atoms with Crippen LogP contribution < -0.4 is 0 Å². The lowest BCUT2D eigenvalue weighted by Gasteiger charge is -2.24. The summed E-state index contributed by atoms with van der Waals surface area (Å²) >= 11 is 0. The molecule has 0 spiro atoms. The van der Waals surface area contributed by atoms with Crippen LogP contribution in [0.4, 0.5) is 0 Å². The Balaban J connectivity index is 2.20. The van der Waals surface area contributed by atoms with E-state index in [-0.39, 0.29) is 5.57 Å². The first-order chi connectivity index (χ1) is 7.70. The van der Waals surface area contributed by atoms with Crippen LogP contribution in [-0.2, 0) is 19.2 Å². The maximum atomic E-state index is 11.7. The number of esters is 1. The number of nitrogens with zero attached hydrogens (tertiary/aromatic N) is 1. The van der Waals surface area contributed by atoms with Gasteiger partial charge in [-0.15, -0.1) is 6.58 Å². The van der Waals surface area contributed by atoms with Crippen molar-refractivity contribution >= 4 is 11.9 Å². The van der Waals surface area contributed by atoms with E-state index in [2.05, 4.69) is 6.58 Å². The van der Waals surface area contributed by atoms with E-state index in [1.807, 2.05) is 0 Å². The molecule has 16 heavy (non-hydrogen) atoms. The van der Waals surface area contributed by atoms with Crippen LogP contribution in [0.2, 0.25) is 0 Å². The number of carbonyl (C=O) groups is 2. The van der Waals surface area contributed by atoms with Gasteiger partial charge in [0.2, 0.25) is 0 Å². The van der Waals surface area contributed by atoms with Gasteiger partial charge in [0.1, 0.15) is 0 Å². The minimum Gasteiger partial charge on any atom is -0.440 e. The third-order valence-electron chi connectivity index (χ3n) is 2.52. The van der Waals surface area contributed by atoms with Crippen LogP contribution in [0.25, 0.3) is 0 Å². The summed E-state index contributed by atoms with van der Waals surface area (Å²) in [5.74, 6) is -0.992. The number of carbonyl (C=O) groups excluding carboxylic acids is 2. The first-order valence-electron chi connectivity index (χ1n) is 5.21. The van der Waals surface area contributed by atoms with Gasteiger partial charge in [0.25, 0.3) is 0 Å². The summed E-state index contributed by atoms with van der Waals surface area (Å²) < 4.78 is 5.14. The minimum atomic E-state index is -0.497. The fourth-order valence-electron chi connectivity index (χ4n) is 1.76. The van der Waals surface area contributed by atoms with Crippen molar-refractivity contribution in [1.82, 2.24) is 5.06 Å². The Labute approximate surface area is 93.3 Å². The molecule has 0 aliphatic carbocycles. The molecule has 0 saturated carbocycles. The van der Waals surface area contributed by atoms with Crippen LogP contribution in [0.3, 0.4) is 0 Å². The zero-order chi connectivity index (χ0) is 11.5. The van der Waals surface area contributed by atoms with Crippen LogP contribution in [0.15, 0.2) is 24.3 Å². The number of fused-ring (bicyclic) bond motifs is 1. The van der Waals surface area contributed by atoms with E-state index in [0.717, 1.165) is 6.42 Å². The molecule has 0 bridgehead atoms. The van der Waals surface area contributed by atoms with Gasteiger partial charge in [-0.1, -0.05) is 11.1 Å². The number of hydroxylamine groups is 2. The molecule has 0 aromatic rings. The highest BCUT2D eigenvalue weighted by Crippen LogP contribution is 2.22. The van der Waals surface area contributed by atoms with Gasteiger partial charge in [-0.3, -0.25) is 0 Å². The molecule has 0 aromatic heterocycles. The van der Waals surface area contributed by atoms with Crippen LogP contribution in [0, 0.1) is 0 Å². The zero-order valence-electron chi connectivity index (χ0n) is 8.85. The average molecular weight is 223 g/mol. The summed E-state index contributed by atoms with van der Waals surface area (Å²) in [5, 5.41) is 1.43. The second-order valence-corrected chi connectivity index (χ2v) is 3.72. The van der Waals surface area contributed by atoms with E-state index in [0.29, 0.717) is 19.4 Å². The van der Waals surface area contributed by atoms with Crippen LogP contribution in [-0.4, -0.2) is 29.8 Å². The molecule has 0 N–H and O–H groups in total. The molecule has 1 fully saturated rings. The van der Waals surface area contributed by atoms with Crippen LogP contribution in [0.5, 0.6) is 0 Å². The summed E-state index contributed by atoms with van der Waals surface area (Å²) in [7, 11) is 0. The van der Waals surface area contributed by atoms with Crippen molar-refractivity contribution in [3.05, 3.63) is 24.3 Å². The summed E-state index contributed by atoms with van der Waals surface area (Å²) in [6.45, 7) is 4.12. The highest BCUT2D eigenvalue weighted by molar-refractivity contribution is 5.96. The Morgan fingerprint density at radius 2 is 2.38 bits per heavy atom. The minimum absolute atomic E-state index is 0.269. The Kier molecular flexibility index (Phi) is 3.05. The summed E-state index contributed by atoms with van der Waals surface area (Å²) in [5.41, 5.74) is 0.269. The smallest absolute Gasteiger partial charge is 0.353 e. The lowest BCUT2D eigenvalue weighted by molar-refractivity contribution is -0.226. The van der Waals surface area contributed by atoms with Crippen molar-refractivity contribution in [3.8, 4) is 0 Å². The fraction of sp³-hybridized carbons (Fsp3) is 0.455. The molecular formula is C11H13NO4. The first kappa shape index (κ1) is 10.9. The third kappa shape index (κ3) is 2.14. The Hall–Kier alpha value is -1.62. The van der Waals surface area contributed by atoms with Gasteiger partial charge in [0.15, 0.2) is 6.23 Å². The molecule has 0 aromatic carbocycles. The molecule has 1 atom stereocenters. The standard InChI is InChI=1S/C11H13NO4/c1-2-4-8-7-10(13)15-9-5-3-6-12(9)16-11(8)14/h2,7,9H,1,3-6H2/b8-7-. The Morgan fingerprint density at radius 3 is 3.12 bits per heavy atom. The van der Waals surface area contributed by atoms with Gasteiger partial charge >= 0.3 is 11.9 Å². The van der Waals surface area contributed by atoms with Gasteiger partial charge < -0.3 is 9.57 Å². The van der Waals surface area contributed by atoms with E-state index in [4.69, 9.17) is 9.57 Å². The number of rotatable bonds is 2. The van der Waals surface area contributed by atoms with Gasteiger partial charge in [-0.2, -0.15) is 0 Å². The molecule has 5 heteroatoms. The van der Waals surface area contributed by atoms with Gasteiger partial charge in [-0.05, 0) is 12.8 Å². The van der Waals surface area contributed by atoms with Crippen LogP contribution >= 0.6 is 0 Å². The first-order valence-corrected chi connectivity index (χ1v) is 5.21. The molecule has 0 amide bonds. The van der Waals surface area contributed by atoms with E-state index in [1.54, 1.807) is 6.08 Å². The fourth-order valence-corrected chi connectivity index (χ4v) is 1.76. The van der Waals surface area contributed by atoms with Crippen molar-refractivity contribution in [2.24, 2.45) is 0 Å². The van der Waals surface area contributed by atoms with E-state index in [1.165, 1.54) is 11.1 Å². The molecule has 2 aliphatic rings. The summed E-state index contributed by atoms with van der Waals surface area (Å²) in [4.78, 5) is 28.2. The number of allylic oxidation sites excluding steroid dienone is 1. The highest BCUT2D eigenvalue weighted by Gasteiger charge is 2.33. The average Bonchev–Trinajstić information content (AvgIpc) is 2.63. The number of hydrogen-bond acceptors (Lipinski definition) is 5. The zero-order valence-corrected chi connectivity index (χ0v) is 8.85. The van der Waals surface area contributed by atoms with Gasteiger partial charge in [0.05, 0.1) is 0 Å². The lowest BCUT2D eigenvalue weighted by atomic mass is 10.2. The summed E-state index contributed by atoms with van der Waals surface area (Å²) in [6, 6.07) is 0. The second kappa shape index (κ2) is 4.49. The Morgan fingerprint density at radius 1 is 1.56 bits per heavy atom. The summed E-state index contributed by atoms with van der Waals surface area (Å²) in [6.07, 6.45) is 4.14. The van der Waals surface area contributed by atoms with E-state index in [9.17, 15) is 9.59 Å². The maximum Gasteiger partial charge on any atom is 0.353 e. The quantitative estimate of drug-likeness (QED) is 0.515. The molecular weight excluding hydrogens is 210 g/mol. The topological polar surface area (TPSA) is 55.8 Å². The van der Waals surface area contributed by atoms with Crippen molar-refractivity contribution in [3.63, 3.8) is 0 Å². The monoisotopic (exact) mass is 223 g/mol. The third-order valence-corrected chi connectivity index (χ3v) is 2.52. The van der Waals surface area contributed by atoms with Gasteiger partial charge in [-0.25, -0.2) is 9.59 Å². The van der Waals surface area contributed by atoms with Crippen molar-refractivity contribution < 1.29 is 19.2 Å². The molecule has 5 nitrogen and oxygen atoms in total. The van der Waals surface area contributed by atoms with E-state index < -0.39 is 18.2 Å². The molecule has 2 aliphatic heterocycles. The van der Waals surface area contributed by atoms with Crippen molar-refractivity contribution in [2.45, 2.75) is 25.5 Å². The normalized spacial score (nSPS) is 29.2. The lowest BCUT2D eigenvalue weighted by Crippen LogP contribution is -2.37. The largest absolute Gasteiger partial charge is 0.440 e. The number of hydrogen-bond donors (Lipinski definition) is 0. The maximum absolute atomic E-state index is 11.7. The molecule has 86 valence electrons. The second-order valence-electron chi connectivity index (χ2n) is 3.72. The SMILES string of the molecule is C=CC/C1=C/C(=O)OC2CCCN2OC1=O. The number of ether oxygens (including phenoxy) is 1. The van der Waals surface area contributed by atoms with Crippen LogP contribution in [0.1, 0.15) is 19.3 Å². The molecule has 1 unspecified atom stereocenters. The molecule has 1 saturated heterocycles. The predicted octanol–water partition coefficient (Wildman–Crippen LogP) is 0.926. The van der Waals surface area contributed by atoms with Crippen molar-refractivity contribution in [2.75, 3.05) is 6.54 Å². The van der Waals surface area contributed by atoms with E-state index >= 15 is 0 Å². The predicted molar refractivity (Wildman–Crippen MR) is 54.8 cm³/mol. The highest BCUT2D eigenvalue weighted by atomic mass is 16.7. The molecule has 2 heterocycles. The molecule has 2 rings (SSSR count). The van der Waals surface area contributed by atoms with Gasteiger partial charge in [0, 0.05) is 24.6 Å². The van der Waals surface area contributed by atoms with Crippen molar-refractivity contribution in [1.29, 1.82) is 0 Å². The Bertz CT molecular complexity index is 361. The molecule has 0 radical (unpaired) electrons.